The lowest BCUT2D eigenvalue weighted by Gasteiger charge is -2.34. The number of hydrogen-bond acceptors (Lipinski definition) is 3. The van der Waals surface area contributed by atoms with Crippen molar-refractivity contribution >= 4 is 17.2 Å². The second-order valence-electron chi connectivity index (χ2n) is 5.30. The summed E-state index contributed by atoms with van der Waals surface area (Å²) in [4.78, 5) is 5.00. The smallest absolute Gasteiger partial charge is 0.133 e. The maximum Gasteiger partial charge on any atom is 0.133 e. The molecule has 1 aromatic carbocycles. The topological polar surface area (TPSA) is 32.5 Å². The molecule has 0 saturated carbocycles. The zero-order chi connectivity index (χ0) is 14.5. The van der Waals surface area contributed by atoms with E-state index in [2.05, 4.69) is 16.7 Å². The summed E-state index contributed by atoms with van der Waals surface area (Å²) in [6, 6.07) is 5.04. The van der Waals surface area contributed by atoms with Crippen molar-refractivity contribution in [2.45, 2.75) is 19.9 Å². The third kappa shape index (κ3) is 3.98. The fourth-order valence-corrected chi connectivity index (χ4v) is 2.76. The molecule has 0 aromatic heterocycles. The highest BCUT2D eigenvalue weighted by Gasteiger charge is 2.16. The highest BCUT2D eigenvalue weighted by Crippen LogP contribution is 2.14. The zero-order valence-electron chi connectivity index (χ0n) is 11.9. The summed E-state index contributed by atoms with van der Waals surface area (Å²) < 4.78 is 13.5. The van der Waals surface area contributed by atoms with Gasteiger partial charge in [0.1, 0.15) is 10.8 Å². The standard InChI is InChI=1S/C15H22FN3S/c1-2-5-18-6-8-19(9-7-18)11-12-3-4-14(16)13(10-12)15(17)20/h3-4,10H,2,5-9,11H2,1H3,(H2,17,20). The molecule has 2 N–H and O–H groups in total. The Labute approximate surface area is 125 Å². The van der Waals surface area contributed by atoms with Gasteiger partial charge in [-0.25, -0.2) is 4.39 Å². The van der Waals surface area contributed by atoms with Gasteiger partial charge in [-0.05, 0) is 30.7 Å². The third-order valence-corrected chi connectivity index (χ3v) is 3.93. The molecule has 1 aliphatic rings. The van der Waals surface area contributed by atoms with E-state index >= 15 is 0 Å². The summed E-state index contributed by atoms with van der Waals surface area (Å²) in [6.07, 6.45) is 1.20. The Hall–Kier alpha value is -1.04. The first-order valence-corrected chi connectivity index (χ1v) is 7.54. The molecule has 0 bridgehead atoms. The Morgan fingerprint density at radius 1 is 1.25 bits per heavy atom. The molecule has 1 aliphatic heterocycles. The van der Waals surface area contributed by atoms with Crippen LogP contribution in [-0.4, -0.2) is 47.5 Å². The molecular weight excluding hydrogens is 273 g/mol. The van der Waals surface area contributed by atoms with Gasteiger partial charge in [-0.15, -0.1) is 0 Å². The maximum atomic E-state index is 13.5. The number of piperazine rings is 1. The molecule has 0 radical (unpaired) electrons. The molecule has 1 saturated heterocycles. The zero-order valence-corrected chi connectivity index (χ0v) is 12.8. The molecule has 1 aromatic rings. The van der Waals surface area contributed by atoms with Crippen molar-refractivity contribution in [1.29, 1.82) is 0 Å². The van der Waals surface area contributed by atoms with Crippen LogP contribution in [0.2, 0.25) is 0 Å². The average molecular weight is 295 g/mol. The number of rotatable bonds is 5. The summed E-state index contributed by atoms with van der Waals surface area (Å²) in [6.45, 7) is 8.54. The van der Waals surface area contributed by atoms with Gasteiger partial charge in [-0.3, -0.25) is 4.90 Å². The van der Waals surface area contributed by atoms with Crippen LogP contribution in [0.25, 0.3) is 0 Å². The first-order valence-electron chi connectivity index (χ1n) is 7.13. The van der Waals surface area contributed by atoms with Crippen LogP contribution in [0.4, 0.5) is 4.39 Å². The summed E-state index contributed by atoms with van der Waals surface area (Å²) in [7, 11) is 0. The minimum Gasteiger partial charge on any atom is -0.389 e. The minimum absolute atomic E-state index is 0.122. The van der Waals surface area contributed by atoms with Crippen molar-refractivity contribution < 1.29 is 4.39 Å². The van der Waals surface area contributed by atoms with Gasteiger partial charge >= 0.3 is 0 Å². The molecule has 1 heterocycles. The maximum absolute atomic E-state index is 13.5. The Morgan fingerprint density at radius 3 is 2.50 bits per heavy atom. The van der Waals surface area contributed by atoms with E-state index < -0.39 is 0 Å². The molecule has 20 heavy (non-hydrogen) atoms. The van der Waals surface area contributed by atoms with E-state index in [-0.39, 0.29) is 10.8 Å². The van der Waals surface area contributed by atoms with Crippen LogP contribution in [0, 0.1) is 5.82 Å². The van der Waals surface area contributed by atoms with E-state index in [0.29, 0.717) is 5.56 Å². The van der Waals surface area contributed by atoms with E-state index in [1.165, 1.54) is 19.0 Å². The first kappa shape index (κ1) is 15.4. The Balaban J connectivity index is 1.94. The highest BCUT2D eigenvalue weighted by atomic mass is 32.1. The van der Waals surface area contributed by atoms with Gasteiger partial charge in [0.05, 0.1) is 0 Å². The number of halogens is 1. The van der Waals surface area contributed by atoms with E-state index in [1.807, 2.05) is 6.07 Å². The Bertz CT molecular complexity index is 470. The predicted octanol–water partition coefficient (Wildman–Crippen LogP) is 1.99. The van der Waals surface area contributed by atoms with Gasteiger partial charge in [0.15, 0.2) is 0 Å². The molecule has 0 spiro atoms. The van der Waals surface area contributed by atoms with E-state index in [1.54, 1.807) is 6.07 Å². The van der Waals surface area contributed by atoms with E-state index in [9.17, 15) is 4.39 Å². The first-order chi connectivity index (χ1) is 9.60. The molecule has 2 rings (SSSR count). The van der Waals surface area contributed by atoms with Gasteiger partial charge in [0.2, 0.25) is 0 Å². The van der Waals surface area contributed by atoms with Crippen molar-refractivity contribution in [2.24, 2.45) is 5.73 Å². The normalized spacial score (nSPS) is 17.3. The van der Waals surface area contributed by atoms with E-state index in [4.69, 9.17) is 18.0 Å². The summed E-state index contributed by atoms with van der Waals surface area (Å²) in [5.74, 6) is -0.339. The second kappa shape index (κ2) is 7.11. The Morgan fingerprint density at radius 2 is 1.90 bits per heavy atom. The fourth-order valence-electron chi connectivity index (χ4n) is 2.61. The molecule has 0 atom stereocenters. The van der Waals surface area contributed by atoms with Crippen LogP contribution in [-0.2, 0) is 6.54 Å². The largest absolute Gasteiger partial charge is 0.389 e. The van der Waals surface area contributed by atoms with Crippen LogP contribution in [0.3, 0.4) is 0 Å². The number of nitrogens with two attached hydrogens (primary N) is 1. The summed E-state index contributed by atoms with van der Waals surface area (Å²) in [5, 5.41) is 0. The van der Waals surface area contributed by atoms with Gasteiger partial charge in [0.25, 0.3) is 0 Å². The lowest BCUT2D eigenvalue weighted by atomic mass is 10.1. The molecule has 0 unspecified atom stereocenters. The fraction of sp³-hybridized carbons (Fsp3) is 0.533. The summed E-state index contributed by atoms with van der Waals surface area (Å²) in [5.41, 5.74) is 6.96. The second-order valence-corrected chi connectivity index (χ2v) is 5.74. The van der Waals surface area contributed by atoms with Gasteiger partial charge in [-0.2, -0.15) is 0 Å². The molecule has 5 heteroatoms. The SMILES string of the molecule is CCCN1CCN(Cc2ccc(F)c(C(N)=S)c2)CC1. The van der Waals surface area contributed by atoms with Crippen LogP contribution in [0.1, 0.15) is 24.5 Å². The van der Waals surface area contributed by atoms with Crippen LogP contribution < -0.4 is 5.73 Å². The van der Waals surface area contributed by atoms with Crippen LogP contribution >= 0.6 is 12.2 Å². The van der Waals surface area contributed by atoms with Crippen molar-refractivity contribution in [3.8, 4) is 0 Å². The monoisotopic (exact) mass is 295 g/mol. The van der Waals surface area contributed by atoms with Crippen LogP contribution in [0.15, 0.2) is 18.2 Å². The summed E-state index contributed by atoms with van der Waals surface area (Å²) >= 11 is 4.88. The molecule has 0 aliphatic carbocycles. The lowest BCUT2D eigenvalue weighted by Crippen LogP contribution is -2.45. The number of benzene rings is 1. The lowest BCUT2D eigenvalue weighted by molar-refractivity contribution is 0.127. The van der Waals surface area contributed by atoms with E-state index in [0.717, 1.165) is 38.3 Å². The molecule has 1 fully saturated rings. The molecular formula is C15H22FN3S. The van der Waals surface area contributed by atoms with Crippen molar-refractivity contribution in [3.05, 3.63) is 35.1 Å². The molecule has 0 amide bonds. The Kier molecular flexibility index (Phi) is 5.46. The third-order valence-electron chi connectivity index (χ3n) is 3.71. The van der Waals surface area contributed by atoms with Crippen molar-refractivity contribution in [2.75, 3.05) is 32.7 Å². The highest BCUT2D eigenvalue weighted by molar-refractivity contribution is 7.80. The number of nitrogens with zero attached hydrogens (tertiary/aromatic N) is 2. The number of thiocarbonyl (C=S) groups is 1. The van der Waals surface area contributed by atoms with Crippen molar-refractivity contribution in [3.63, 3.8) is 0 Å². The quantitative estimate of drug-likeness (QED) is 0.842. The van der Waals surface area contributed by atoms with Crippen molar-refractivity contribution in [1.82, 2.24) is 9.80 Å². The van der Waals surface area contributed by atoms with Gasteiger partial charge < -0.3 is 10.6 Å². The average Bonchev–Trinajstić information content (AvgIpc) is 2.43. The van der Waals surface area contributed by atoms with Crippen LogP contribution in [0.5, 0.6) is 0 Å². The number of hydrogen-bond donors (Lipinski definition) is 1. The molecule has 110 valence electrons. The minimum atomic E-state index is -0.339. The predicted molar refractivity (Wildman–Crippen MR) is 84.3 cm³/mol. The van der Waals surface area contributed by atoms with Gasteiger partial charge in [-0.1, -0.05) is 25.2 Å². The molecule has 3 nitrogen and oxygen atoms in total. The van der Waals surface area contributed by atoms with Gasteiger partial charge in [0, 0.05) is 38.3 Å².